The number of alkyl halides is 3. The first-order valence-electron chi connectivity index (χ1n) is 9.35. The van der Waals surface area contributed by atoms with E-state index >= 15 is 0 Å². The molecule has 0 aliphatic rings. The van der Waals surface area contributed by atoms with Gasteiger partial charge in [0.2, 0.25) is 5.96 Å². The van der Waals surface area contributed by atoms with Gasteiger partial charge in [-0.1, -0.05) is 0 Å². The third-order valence-corrected chi connectivity index (χ3v) is 3.81. The molecule has 0 fully saturated rings. The van der Waals surface area contributed by atoms with E-state index in [4.69, 9.17) is 0 Å². The Labute approximate surface area is 170 Å². The molecule has 2 unspecified atom stereocenters. The van der Waals surface area contributed by atoms with E-state index in [9.17, 15) is 18.0 Å². The molecule has 0 aliphatic heterocycles. The zero-order chi connectivity index (χ0) is 22.2. The van der Waals surface area contributed by atoms with Crippen molar-refractivity contribution in [2.24, 2.45) is 9.98 Å². The third kappa shape index (κ3) is 9.08. The summed E-state index contributed by atoms with van der Waals surface area (Å²) < 4.78 is 38.1. The summed E-state index contributed by atoms with van der Waals surface area (Å²) in [5.41, 5.74) is -1.14. The Bertz CT molecular complexity index is 721. The summed E-state index contributed by atoms with van der Waals surface area (Å²) in [6, 6.07) is 4.03. The number of guanidine groups is 1. The molecule has 0 radical (unpaired) electrons. The smallest absolute Gasteiger partial charge is 0.351 e. The normalized spacial score (nSPS) is 15.3. The number of hydrogen-bond acceptors (Lipinski definition) is 3. The first kappa shape index (κ1) is 24.6. The molecule has 3 N–H and O–H groups in total. The van der Waals surface area contributed by atoms with Crippen LogP contribution in [0.15, 0.2) is 34.3 Å². The van der Waals surface area contributed by atoms with Crippen LogP contribution < -0.4 is 16.0 Å². The van der Waals surface area contributed by atoms with Gasteiger partial charge in [0, 0.05) is 23.6 Å². The summed E-state index contributed by atoms with van der Waals surface area (Å²) in [6.45, 7) is 9.53. The van der Waals surface area contributed by atoms with Gasteiger partial charge in [-0.2, -0.15) is 18.2 Å². The van der Waals surface area contributed by atoms with Crippen LogP contribution in [0.4, 0.5) is 13.2 Å². The minimum atomic E-state index is -4.46. The highest BCUT2D eigenvalue weighted by Crippen LogP contribution is 2.29. The van der Waals surface area contributed by atoms with Crippen LogP contribution in [-0.2, 0) is 6.18 Å². The molecular weight excluding hydrogens is 383 g/mol. The lowest BCUT2D eigenvalue weighted by Gasteiger charge is -2.28. The molecule has 0 saturated heterocycles. The van der Waals surface area contributed by atoms with Crippen LogP contribution in [0.2, 0.25) is 0 Å². The van der Waals surface area contributed by atoms with E-state index in [1.54, 1.807) is 13.3 Å². The van der Waals surface area contributed by atoms with Gasteiger partial charge < -0.3 is 16.0 Å². The fourth-order valence-electron chi connectivity index (χ4n) is 2.49. The molecule has 1 aromatic rings. The first-order valence-corrected chi connectivity index (χ1v) is 9.35. The fraction of sp³-hybridized carbons (Fsp3) is 0.550. The monoisotopic (exact) mass is 413 g/mol. The zero-order valence-corrected chi connectivity index (χ0v) is 17.7. The Morgan fingerprint density at radius 3 is 2.21 bits per heavy atom. The number of benzene rings is 1. The Morgan fingerprint density at radius 1 is 1.17 bits per heavy atom. The minimum absolute atomic E-state index is 0.0476. The molecule has 0 bridgehead atoms. The molecule has 29 heavy (non-hydrogen) atoms. The molecule has 1 aromatic carbocycles. The molecule has 0 spiro atoms. The Balaban J connectivity index is 3.06. The summed E-state index contributed by atoms with van der Waals surface area (Å²) in [5.74, 6) is -0.415. The molecule has 162 valence electrons. The lowest BCUT2D eigenvalue weighted by molar-refractivity contribution is -0.137. The summed E-state index contributed by atoms with van der Waals surface area (Å²) in [5, 5.41) is 9.36. The number of amides is 1. The highest BCUT2D eigenvalue weighted by atomic mass is 19.4. The standard InChI is InChI=1S/C20H30F3N5O/c1-7-25-13(2)12-16(24-6)26-18(28-19(3,4)5)27-17(29)14-8-10-15(11-9-14)20(21,22)23/h7-11,13,16,24H,12H2,1-6H3,(H2,26,27,28,29)/b25-7-. The molecule has 2 atom stereocenters. The number of carbonyl (C=O) groups is 1. The van der Waals surface area contributed by atoms with Crippen LogP contribution in [0.3, 0.4) is 0 Å². The van der Waals surface area contributed by atoms with Gasteiger partial charge in [-0.25, -0.2) is 0 Å². The predicted octanol–water partition coefficient (Wildman–Crippen LogP) is 3.59. The van der Waals surface area contributed by atoms with Gasteiger partial charge in [-0.05, 0) is 72.1 Å². The second kappa shape index (κ2) is 10.4. The number of halogens is 3. The molecule has 0 saturated carbocycles. The first-order chi connectivity index (χ1) is 13.4. The van der Waals surface area contributed by atoms with Crippen molar-refractivity contribution in [2.75, 3.05) is 7.05 Å². The van der Waals surface area contributed by atoms with E-state index in [0.29, 0.717) is 6.42 Å². The summed E-state index contributed by atoms with van der Waals surface area (Å²) in [4.78, 5) is 20.9. The van der Waals surface area contributed by atoms with Crippen LogP contribution in [-0.4, -0.2) is 42.9 Å². The molecule has 0 aliphatic carbocycles. The van der Waals surface area contributed by atoms with Crippen LogP contribution in [0.1, 0.15) is 57.0 Å². The number of hydrogen-bond donors (Lipinski definition) is 3. The average molecular weight is 413 g/mol. The Morgan fingerprint density at radius 2 is 1.76 bits per heavy atom. The van der Waals surface area contributed by atoms with E-state index in [0.717, 1.165) is 24.3 Å². The minimum Gasteiger partial charge on any atom is -0.351 e. The highest BCUT2D eigenvalue weighted by Gasteiger charge is 2.30. The topological polar surface area (TPSA) is 77.9 Å². The lowest BCUT2D eigenvalue weighted by Crippen LogP contribution is -2.54. The molecule has 0 heterocycles. The van der Waals surface area contributed by atoms with E-state index in [1.807, 2.05) is 34.6 Å². The van der Waals surface area contributed by atoms with Crippen LogP contribution in [0.5, 0.6) is 0 Å². The molecule has 1 rings (SSSR count). The van der Waals surface area contributed by atoms with Crippen LogP contribution in [0.25, 0.3) is 0 Å². The summed E-state index contributed by atoms with van der Waals surface area (Å²) >= 11 is 0. The van der Waals surface area contributed by atoms with Gasteiger partial charge in [0.05, 0.1) is 11.7 Å². The van der Waals surface area contributed by atoms with Gasteiger partial charge in [0.15, 0.2) is 0 Å². The van der Waals surface area contributed by atoms with Crippen molar-refractivity contribution in [1.29, 1.82) is 0 Å². The Kier molecular flexibility index (Phi) is 8.81. The van der Waals surface area contributed by atoms with Gasteiger partial charge >= 0.3 is 6.18 Å². The van der Waals surface area contributed by atoms with Crippen molar-refractivity contribution < 1.29 is 18.0 Å². The van der Waals surface area contributed by atoms with Crippen molar-refractivity contribution in [3.8, 4) is 0 Å². The van der Waals surface area contributed by atoms with Gasteiger partial charge in [0.1, 0.15) is 0 Å². The predicted molar refractivity (Wildman–Crippen MR) is 110 cm³/mol. The molecule has 0 aromatic heterocycles. The van der Waals surface area contributed by atoms with Gasteiger partial charge in [-0.15, -0.1) is 0 Å². The number of nitrogens with one attached hydrogen (secondary N) is 3. The summed E-state index contributed by atoms with van der Waals surface area (Å²) in [7, 11) is 1.77. The molecule has 9 heteroatoms. The lowest BCUT2D eigenvalue weighted by atomic mass is 10.1. The van der Waals surface area contributed by atoms with Gasteiger partial charge in [-0.3, -0.25) is 9.79 Å². The average Bonchev–Trinajstić information content (AvgIpc) is 2.59. The van der Waals surface area contributed by atoms with E-state index in [-0.39, 0.29) is 23.7 Å². The fourth-order valence-corrected chi connectivity index (χ4v) is 2.49. The van der Waals surface area contributed by atoms with Crippen LogP contribution in [0, 0.1) is 0 Å². The molecule has 6 nitrogen and oxygen atoms in total. The van der Waals surface area contributed by atoms with Crippen molar-refractivity contribution in [1.82, 2.24) is 16.0 Å². The maximum absolute atomic E-state index is 12.7. The third-order valence-electron chi connectivity index (χ3n) is 3.81. The van der Waals surface area contributed by atoms with Gasteiger partial charge in [0.25, 0.3) is 5.91 Å². The van der Waals surface area contributed by atoms with Crippen molar-refractivity contribution >= 4 is 18.1 Å². The maximum Gasteiger partial charge on any atom is 0.416 e. The second-order valence-corrected chi connectivity index (χ2v) is 7.69. The zero-order valence-electron chi connectivity index (χ0n) is 17.7. The van der Waals surface area contributed by atoms with Crippen molar-refractivity contribution in [2.45, 2.75) is 65.0 Å². The number of carbonyl (C=O) groups excluding carboxylic acids is 1. The van der Waals surface area contributed by atoms with E-state index < -0.39 is 23.2 Å². The van der Waals surface area contributed by atoms with Crippen LogP contribution >= 0.6 is 0 Å². The summed E-state index contributed by atoms with van der Waals surface area (Å²) in [6.07, 6.45) is -2.31. The van der Waals surface area contributed by atoms with Crippen molar-refractivity contribution in [3.63, 3.8) is 0 Å². The largest absolute Gasteiger partial charge is 0.416 e. The van der Waals surface area contributed by atoms with E-state index in [2.05, 4.69) is 25.9 Å². The van der Waals surface area contributed by atoms with E-state index in [1.165, 1.54) is 0 Å². The van der Waals surface area contributed by atoms with Crippen molar-refractivity contribution in [3.05, 3.63) is 35.4 Å². The number of rotatable bonds is 6. The number of nitrogens with zero attached hydrogens (tertiary/aromatic N) is 2. The SMILES string of the molecule is C/C=N\C(C)CC(NC)N/C(=N\C(=O)c1ccc(C(F)(F)F)cc1)NC(C)(C)C. The maximum atomic E-state index is 12.7. The second-order valence-electron chi connectivity index (χ2n) is 7.69. The quantitative estimate of drug-likeness (QED) is 0.378. The molecule has 1 amide bonds. The Hall–Kier alpha value is -2.42. The highest BCUT2D eigenvalue weighted by molar-refractivity contribution is 6.02. The number of aliphatic imine (C=N–C) groups is 2. The molecular formula is C20H30F3N5O.